The summed E-state index contributed by atoms with van der Waals surface area (Å²) in [4.78, 5) is 30.4. The van der Waals surface area contributed by atoms with Crippen molar-refractivity contribution in [3.63, 3.8) is 0 Å². The van der Waals surface area contributed by atoms with Crippen LogP contribution in [0, 0.1) is 12.8 Å². The van der Waals surface area contributed by atoms with Crippen molar-refractivity contribution in [2.75, 3.05) is 31.9 Å². The number of aromatic nitrogens is 1. The summed E-state index contributed by atoms with van der Waals surface area (Å²) in [5, 5.41) is 2.95. The van der Waals surface area contributed by atoms with E-state index in [1.54, 1.807) is 6.07 Å². The normalized spacial score (nSPS) is 17.2. The smallest absolute Gasteiger partial charge is 0.251 e. The minimum Gasteiger partial charge on any atom is -0.383 e. The molecule has 28 heavy (non-hydrogen) atoms. The number of nitrogens with two attached hydrogens (primary N) is 2. The summed E-state index contributed by atoms with van der Waals surface area (Å²) in [5.74, 6) is -0.0132. The standard InChI is InChI=1S/C21H27N5O2/c1-14-7-8-18(19(22)25-14)15-4-2-5-16(12-15)21(28)24-9-11-26-10-3-6-17(13-26)20(23)27/h2,4-5,7-8,12,17H,3,6,9-11,13H2,1H3,(H2,22,25)(H2,23,27)(H,24,28). The van der Waals surface area contributed by atoms with Crippen LogP contribution >= 0.6 is 0 Å². The lowest BCUT2D eigenvalue weighted by molar-refractivity contribution is -0.123. The Morgan fingerprint density at radius 1 is 1.29 bits per heavy atom. The van der Waals surface area contributed by atoms with Crippen LogP contribution in [0.2, 0.25) is 0 Å². The van der Waals surface area contributed by atoms with Gasteiger partial charge in [-0.05, 0) is 56.1 Å². The molecule has 1 unspecified atom stereocenters. The highest BCUT2D eigenvalue weighted by molar-refractivity contribution is 5.95. The van der Waals surface area contributed by atoms with Gasteiger partial charge in [0.2, 0.25) is 5.91 Å². The van der Waals surface area contributed by atoms with Crippen LogP contribution in [-0.4, -0.2) is 47.9 Å². The number of anilines is 1. The van der Waals surface area contributed by atoms with E-state index in [2.05, 4.69) is 15.2 Å². The summed E-state index contributed by atoms with van der Waals surface area (Å²) in [6.45, 7) is 4.69. The highest BCUT2D eigenvalue weighted by Gasteiger charge is 2.23. The Bertz CT molecular complexity index is 868. The van der Waals surface area contributed by atoms with Crippen LogP contribution in [0.3, 0.4) is 0 Å². The molecule has 1 aliphatic rings. The van der Waals surface area contributed by atoms with Crippen molar-refractivity contribution in [2.45, 2.75) is 19.8 Å². The minimum absolute atomic E-state index is 0.0882. The van der Waals surface area contributed by atoms with Crippen LogP contribution in [0.1, 0.15) is 28.9 Å². The Morgan fingerprint density at radius 3 is 2.86 bits per heavy atom. The van der Waals surface area contributed by atoms with Gasteiger partial charge in [-0.2, -0.15) is 0 Å². The molecule has 2 heterocycles. The fraction of sp³-hybridized carbons (Fsp3) is 0.381. The first-order valence-electron chi connectivity index (χ1n) is 9.57. The van der Waals surface area contributed by atoms with Crippen molar-refractivity contribution < 1.29 is 9.59 Å². The third-order valence-corrected chi connectivity index (χ3v) is 5.12. The number of nitrogens with one attached hydrogen (secondary N) is 1. The monoisotopic (exact) mass is 381 g/mol. The summed E-state index contributed by atoms with van der Waals surface area (Å²) in [7, 11) is 0. The number of hydrogen-bond acceptors (Lipinski definition) is 5. The van der Waals surface area contributed by atoms with Gasteiger partial charge in [-0.1, -0.05) is 12.1 Å². The maximum atomic E-state index is 12.5. The zero-order valence-electron chi connectivity index (χ0n) is 16.1. The molecule has 0 spiro atoms. The molecule has 3 rings (SSSR count). The molecule has 0 bridgehead atoms. The lowest BCUT2D eigenvalue weighted by Gasteiger charge is -2.31. The lowest BCUT2D eigenvalue weighted by Crippen LogP contribution is -2.44. The van der Waals surface area contributed by atoms with Crippen molar-refractivity contribution in [1.82, 2.24) is 15.2 Å². The number of rotatable bonds is 6. The summed E-state index contributed by atoms with van der Waals surface area (Å²) in [6.07, 6.45) is 1.80. The van der Waals surface area contributed by atoms with Crippen molar-refractivity contribution in [1.29, 1.82) is 0 Å². The van der Waals surface area contributed by atoms with E-state index in [1.807, 2.05) is 37.3 Å². The quantitative estimate of drug-likeness (QED) is 0.703. The molecule has 0 saturated carbocycles. The molecule has 148 valence electrons. The molecule has 0 aliphatic carbocycles. The highest BCUT2D eigenvalue weighted by atomic mass is 16.2. The number of amides is 2. The van der Waals surface area contributed by atoms with E-state index in [1.165, 1.54) is 0 Å². The SMILES string of the molecule is Cc1ccc(-c2cccc(C(=O)NCCN3CCCC(C(N)=O)C3)c2)c(N)n1. The third kappa shape index (κ3) is 4.86. The van der Waals surface area contributed by atoms with Gasteiger partial charge in [0.15, 0.2) is 0 Å². The molecular formula is C21H27N5O2. The number of primary amides is 1. The Morgan fingerprint density at radius 2 is 2.11 bits per heavy atom. The van der Waals surface area contributed by atoms with E-state index in [9.17, 15) is 9.59 Å². The van der Waals surface area contributed by atoms with Crippen LogP contribution in [0.15, 0.2) is 36.4 Å². The van der Waals surface area contributed by atoms with Gasteiger partial charge in [-0.15, -0.1) is 0 Å². The minimum atomic E-state index is -0.240. The van der Waals surface area contributed by atoms with Gasteiger partial charge < -0.3 is 21.7 Å². The van der Waals surface area contributed by atoms with Crippen molar-refractivity contribution in [3.05, 3.63) is 47.7 Å². The summed E-state index contributed by atoms with van der Waals surface area (Å²) in [5.41, 5.74) is 14.5. The van der Waals surface area contributed by atoms with Crippen LogP contribution in [0.4, 0.5) is 5.82 Å². The first kappa shape index (κ1) is 19.8. The van der Waals surface area contributed by atoms with Gasteiger partial charge in [0.25, 0.3) is 5.91 Å². The fourth-order valence-electron chi connectivity index (χ4n) is 3.57. The molecule has 1 aromatic heterocycles. The van der Waals surface area contributed by atoms with Crippen LogP contribution in [-0.2, 0) is 4.79 Å². The Hall–Kier alpha value is -2.93. The van der Waals surface area contributed by atoms with E-state index >= 15 is 0 Å². The second-order valence-corrected chi connectivity index (χ2v) is 7.26. The molecule has 1 fully saturated rings. The summed E-state index contributed by atoms with van der Waals surface area (Å²) >= 11 is 0. The number of hydrogen-bond donors (Lipinski definition) is 3. The van der Waals surface area contributed by atoms with Crippen molar-refractivity contribution in [3.8, 4) is 11.1 Å². The third-order valence-electron chi connectivity index (χ3n) is 5.12. The highest BCUT2D eigenvalue weighted by Crippen LogP contribution is 2.25. The Kier molecular flexibility index (Phi) is 6.26. The van der Waals surface area contributed by atoms with E-state index < -0.39 is 0 Å². The van der Waals surface area contributed by atoms with Crippen LogP contribution in [0.25, 0.3) is 11.1 Å². The topological polar surface area (TPSA) is 114 Å². The van der Waals surface area contributed by atoms with Crippen molar-refractivity contribution in [2.24, 2.45) is 11.7 Å². The molecule has 1 aromatic carbocycles. The number of nitrogens with zero attached hydrogens (tertiary/aromatic N) is 2. The summed E-state index contributed by atoms with van der Waals surface area (Å²) < 4.78 is 0. The fourth-order valence-corrected chi connectivity index (χ4v) is 3.57. The molecule has 0 radical (unpaired) electrons. The maximum absolute atomic E-state index is 12.5. The number of piperidine rings is 1. The Labute approximate surface area is 165 Å². The van der Waals surface area contributed by atoms with E-state index in [4.69, 9.17) is 11.5 Å². The number of likely N-dealkylation sites (tertiary alicyclic amines) is 1. The molecule has 1 atom stereocenters. The predicted molar refractivity (Wildman–Crippen MR) is 110 cm³/mol. The maximum Gasteiger partial charge on any atom is 0.251 e. The van der Waals surface area contributed by atoms with Crippen LogP contribution in [0.5, 0.6) is 0 Å². The number of pyridine rings is 1. The predicted octanol–water partition coefficient (Wildman–Crippen LogP) is 1.57. The molecule has 1 aliphatic heterocycles. The number of carbonyl (C=O) groups is 2. The van der Waals surface area contributed by atoms with Gasteiger partial charge in [-0.25, -0.2) is 4.98 Å². The summed E-state index contributed by atoms with van der Waals surface area (Å²) in [6, 6.07) is 11.2. The van der Waals surface area contributed by atoms with Gasteiger partial charge >= 0.3 is 0 Å². The van der Waals surface area contributed by atoms with E-state index in [0.717, 1.165) is 36.2 Å². The molecular weight excluding hydrogens is 354 g/mol. The molecule has 2 amide bonds. The second-order valence-electron chi connectivity index (χ2n) is 7.26. The van der Waals surface area contributed by atoms with E-state index in [0.29, 0.717) is 31.0 Å². The zero-order valence-corrected chi connectivity index (χ0v) is 16.1. The molecule has 7 heteroatoms. The van der Waals surface area contributed by atoms with E-state index in [-0.39, 0.29) is 17.7 Å². The number of benzene rings is 1. The number of aryl methyl sites for hydroxylation is 1. The number of nitrogen functional groups attached to an aromatic ring is 1. The Balaban J connectivity index is 1.58. The average Bonchev–Trinajstić information content (AvgIpc) is 2.68. The van der Waals surface area contributed by atoms with Gasteiger partial charge in [0.05, 0.1) is 5.92 Å². The van der Waals surface area contributed by atoms with Gasteiger partial charge in [0.1, 0.15) is 5.82 Å². The van der Waals surface area contributed by atoms with Crippen molar-refractivity contribution >= 4 is 17.6 Å². The molecule has 2 aromatic rings. The molecule has 7 nitrogen and oxygen atoms in total. The first-order chi connectivity index (χ1) is 13.4. The first-order valence-corrected chi connectivity index (χ1v) is 9.57. The second kappa shape index (κ2) is 8.84. The largest absolute Gasteiger partial charge is 0.383 e. The average molecular weight is 381 g/mol. The lowest BCUT2D eigenvalue weighted by atomic mass is 9.97. The van der Waals surface area contributed by atoms with Gasteiger partial charge in [0, 0.05) is 36.5 Å². The van der Waals surface area contributed by atoms with Crippen LogP contribution < -0.4 is 16.8 Å². The zero-order chi connectivity index (χ0) is 20.1. The molecule has 5 N–H and O–H groups in total. The number of carbonyl (C=O) groups excluding carboxylic acids is 2. The van der Waals surface area contributed by atoms with Gasteiger partial charge in [-0.3, -0.25) is 9.59 Å². The molecule has 1 saturated heterocycles.